The van der Waals surface area contributed by atoms with Gasteiger partial charge in [-0.15, -0.1) is 0 Å². The first-order valence-electron chi connectivity index (χ1n) is 6.05. The summed E-state index contributed by atoms with van der Waals surface area (Å²) < 4.78 is 34.3. The molecule has 0 atom stereocenters. The Hall–Kier alpha value is -2.70. The predicted octanol–water partition coefficient (Wildman–Crippen LogP) is 2.34. The normalized spacial score (nSPS) is 11.0. The van der Waals surface area contributed by atoms with Crippen molar-refractivity contribution in [2.24, 2.45) is 0 Å². The molecule has 0 spiro atoms. The van der Waals surface area contributed by atoms with Gasteiger partial charge in [0.2, 0.25) is 0 Å². The van der Waals surface area contributed by atoms with Crippen molar-refractivity contribution in [3.8, 4) is 5.75 Å². The molecule has 2 aromatic rings. The number of hydrogen-bond donors (Lipinski definition) is 1. The fourth-order valence-corrected chi connectivity index (χ4v) is 1.65. The Balaban J connectivity index is 2.04. The van der Waals surface area contributed by atoms with Gasteiger partial charge in [-0.1, -0.05) is 0 Å². The lowest BCUT2D eigenvalue weighted by atomic mass is 10.2. The van der Waals surface area contributed by atoms with E-state index < -0.39 is 23.4 Å². The number of halogens is 2. The van der Waals surface area contributed by atoms with Crippen LogP contribution in [0.3, 0.4) is 0 Å². The van der Waals surface area contributed by atoms with E-state index in [1.165, 1.54) is 0 Å². The number of aliphatic carboxylic acids is 1. The second-order valence-corrected chi connectivity index (χ2v) is 4.13. The van der Waals surface area contributed by atoms with Crippen LogP contribution in [0, 0.1) is 11.6 Å². The topological polar surface area (TPSA) is 64.3 Å². The number of carboxylic acid groups (broad SMARTS) is 1. The Bertz CT molecular complexity index is 631. The molecule has 0 saturated heterocycles. The summed E-state index contributed by atoms with van der Waals surface area (Å²) in [7, 11) is 0. The van der Waals surface area contributed by atoms with E-state index in [0.717, 1.165) is 24.3 Å². The lowest BCUT2D eigenvalue weighted by Gasteiger charge is -2.09. The second-order valence-electron chi connectivity index (χ2n) is 4.13. The van der Waals surface area contributed by atoms with Gasteiger partial charge in [-0.2, -0.15) is 0 Å². The maximum absolute atomic E-state index is 13.7. The fourth-order valence-electron chi connectivity index (χ4n) is 1.65. The summed E-state index contributed by atoms with van der Waals surface area (Å²) in [5, 5.41) is 8.47. The third-order valence-electron chi connectivity index (χ3n) is 2.59. The molecule has 0 aliphatic carbocycles. The third kappa shape index (κ3) is 4.13. The van der Waals surface area contributed by atoms with E-state index in [1.807, 2.05) is 0 Å². The summed E-state index contributed by atoms with van der Waals surface area (Å²) in [4.78, 5) is 14.2. The molecular formula is C14H12F2N2O3. The minimum absolute atomic E-state index is 0.0779. The van der Waals surface area contributed by atoms with Crippen LogP contribution < -0.4 is 4.74 Å². The lowest BCUT2D eigenvalue weighted by molar-refractivity contribution is -0.131. The molecule has 0 aliphatic rings. The molecule has 2 rings (SSSR count). The summed E-state index contributed by atoms with van der Waals surface area (Å²) in [6, 6.07) is 2.02. The van der Waals surface area contributed by atoms with E-state index in [2.05, 4.69) is 4.98 Å². The van der Waals surface area contributed by atoms with Gasteiger partial charge >= 0.3 is 5.97 Å². The van der Waals surface area contributed by atoms with Crippen molar-refractivity contribution in [1.29, 1.82) is 0 Å². The molecule has 0 bridgehead atoms. The summed E-state index contributed by atoms with van der Waals surface area (Å²) in [5.74, 6) is -3.45. The molecule has 0 saturated carbocycles. The summed E-state index contributed by atoms with van der Waals surface area (Å²) in [6.07, 6.45) is 6.76. The zero-order valence-corrected chi connectivity index (χ0v) is 10.9. The van der Waals surface area contributed by atoms with Gasteiger partial charge in [-0.05, 0) is 23.8 Å². The Labute approximate surface area is 119 Å². The highest BCUT2D eigenvalue weighted by molar-refractivity contribution is 5.85. The Morgan fingerprint density at radius 2 is 2.10 bits per heavy atom. The number of hydrogen-bond acceptors (Lipinski definition) is 3. The molecule has 21 heavy (non-hydrogen) atoms. The van der Waals surface area contributed by atoms with E-state index in [4.69, 9.17) is 9.84 Å². The van der Waals surface area contributed by atoms with Crippen LogP contribution in [-0.2, 0) is 11.3 Å². The predicted molar refractivity (Wildman–Crippen MR) is 70.7 cm³/mol. The molecule has 110 valence electrons. The maximum Gasteiger partial charge on any atom is 0.328 e. The smallest absolute Gasteiger partial charge is 0.328 e. The fraction of sp³-hybridized carbons (Fsp3) is 0.143. The standard InChI is InChI=1S/C14H12F2N2O3/c15-11-7-10(1-2-13(19)20)8-12(16)14(11)21-6-5-18-4-3-17-9-18/h1-4,7-9H,5-6H2,(H,19,20). The van der Waals surface area contributed by atoms with Crippen molar-refractivity contribution in [2.45, 2.75) is 6.54 Å². The molecule has 0 aliphatic heterocycles. The van der Waals surface area contributed by atoms with Crippen LogP contribution in [0.15, 0.2) is 36.9 Å². The third-order valence-corrected chi connectivity index (χ3v) is 2.59. The molecule has 1 heterocycles. The van der Waals surface area contributed by atoms with Crippen LogP contribution in [0.5, 0.6) is 5.75 Å². The largest absolute Gasteiger partial charge is 0.486 e. The molecule has 1 aromatic heterocycles. The molecule has 0 unspecified atom stereocenters. The molecule has 0 amide bonds. The highest BCUT2D eigenvalue weighted by Crippen LogP contribution is 2.24. The Kier molecular flexibility index (Phi) is 4.65. The number of nitrogens with zero attached hydrogens (tertiary/aromatic N) is 2. The van der Waals surface area contributed by atoms with Crippen molar-refractivity contribution in [1.82, 2.24) is 9.55 Å². The number of rotatable bonds is 6. The average molecular weight is 294 g/mol. The summed E-state index contributed by atoms with van der Waals surface area (Å²) in [5.41, 5.74) is 0.106. The van der Waals surface area contributed by atoms with E-state index in [1.54, 1.807) is 23.3 Å². The van der Waals surface area contributed by atoms with Gasteiger partial charge in [-0.3, -0.25) is 0 Å². The summed E-state index contributed by atoms with van der Waals surface area (Å²) in [6.45, 7) is 0.480. The highest BCUT2D eigenvalue weighted by Gasteiger charge is 2.12. The molecule has 5 nitrogen and oxygen atoms in total. The van der Waals surface area contributed by atoms with Gasteiger partial charge in [0.05, 0.1) is 12.9 Å². The summed E-state index contributed by atoms with van der Waals surface area (Å²) >= 11 is 0. The van der Waals surface area contributed by atoms with E-state index in [9.17, 15) is 13.6 Å². The van der Waals surface area contributed by atoms with Gasteiger partial charge in [0.1, 0.15) is 6.61 Å². The minimum Gasteiger partial charge on any atom is -0.486 e. The average Bonchev–Trinajstić information content (AvgIpc) is 2.92. The zero-order chi connectivity index (χ0) is 15.2. The van der Waals surface area contributed by atoms with E-state index in [0.29, 0.717) is 6.54 Å². The quantitative estimate of drug-likeness (QED) is 0.831. The van der Waals surface area contributed by atoms with Gasteiger partial charge < -0.3 is 14.4 Å². The molecular weight excluding hydrogens is 282 g/mol. The van der Waals surface area contributed by atoms with Crippen molar-refractivity contribution >= 4 is 12.0 Å². The molecule has 0 radical (unpaired) electrons. The number of aromatic nitrogens is 2. The Morgan fingerprint density at radius 3 is 2.67 bits per heavy atom. The first kappa shape index (κ1) is 14.7. The highest BCUT2D eigenvalue weighted by atomic mass is 19.1. The van der Waals surface area contributed by atoms with E-state index in [-0.39, 0.29) is 12.2 Å². The van der Waals surface area contributed by atoms with Crippen LogP contribution in [0.1, 0.15) is 5.56 Å². The van der Waals surface area contributed by atoms with Crippen molar-refractivity contribution in [3.63, 3.8) is 0 Å². The monoisotopic (exact) mass is 294 g/mol. The molecule has 7 heteroatoms. The Morgan fingerprint density at radius 1 is 1.38 bits per heavy atom. The number of carboxylic acids is 1. The van der Waals surface area contributed by atoms with E-state index >= 15 is 0 Å². The molecule has 0 fully saturated rings. The van der Waals surface area contributed by atoms with Crippen molar-refractivity contribution in [2.75, 3.05) is 6.61 Å². The first-order chi connectivity index (χ1) is 10.1. The SMILES string of the molecule is O=C(O)C=Cc1cc(F)c(OCCn2ccnc2)c(F)c1. The van der Waals surface area contributed by atoms with Crippen LogP contribution >= 0.6 is 0 Å². The maximum atomic E-state index is 13.7. The van der Waals surface area contributed by atoms with Crippen molar-refractivity contribution < 1.29 is 23.4 Å². The lowest BCUT2D eigenvalue weighted by Crippen LogP contribution is -2.08. The zero-order valence-electron chi connectivity index (χ0n) is 10.9. The number of carbonyl (C=O) groups is 1. The molecule has 1 N–H and O–H groups in total. The van der Waals surface area contributed by atoms with Gasteiger partial charge in [0.15, 0.2) is 17.4 Å². The van der Waals surface area contributed by atoms with Crippen molar-refractivity contribution in [3.05, 3.63) is 54.1 Å². The second kappa shape index (κ2) is 6.65. The minimum atomic E-state index is -1.20. The van der Waals surface area contributed by atoms with Crippen LogP contribution in [0.4, 0.5) is 8.78 Å². The van der Waals surface area contributed by atoms with Gasteiger partial charge in [0.25, 0.3) is 0 Å². The van der Waals surface area contributed by atoms with Gasteiger partial charge in [-0.25, -0.2) is 18.6 Å². The van der Waals surface area contributed by atoms with Gasteiger partial charge in [0, 0.05) is 18.5 Å². The van der Waals surface area contributed by atoms with Crippen LogP contribution in [-0.4, -0.2) is 27.2 Å². The van der Waals surface area contributed by atoms with Crippen LogP contribution in [0.2, 0.25) is 0 Å². The molecule has 1 aromatic carbocycles. The number of imidazole rings is 1. The number of benzene rings is 1. The first-order valence-corrected chi connectivity index (χ1v) is 6.05. The van der Waals surface area contributed by atoms with Crippen LogP contribution in [0.25, 0.3) is 6.08 Å². The number of ether oxygens (including phenoxy) is 1.